The van der Waals surface area contributed by atoms with Gasteiger partial charge in [0.2, 0.25) is 5.88 Å². The molecule has 106 valence electrons. The Kier molecular flexibility index (Phi) is 4.17. The van der Waals surface area contributed by atoms with E-state index in [0.717, 1.165) is 25.4 Å². The minimum absolute atomic E-state index is 0.262. The highest BCUT2D eigenvalue weighted by Gasteiger charge is 2.22. The first kappa shape index (κ1) is 14.0. The van der Waals surface area contributed by atoms with Crippen LogP contribution < -0.4 is 15.8 Å². The number of rotatable bonds is 7. The number of hydrogen-bond acceptors (Lipinski definition) is 4. The summed E-state index contributed by atoms with van der Waals surface area (Å²) in [5, 5.41) is 3.36. The highest BCUT2D eigenvalue weighted by molar-refractivity contribution is 5.53. The molecule has 0 atom stereocenters. The lowest BCUT2D eigenvalue weighted by atomic mass is 9.90. The van der Waals surface area contributed by atoms with E-state index in [4.69, 9.17) is 10.5 Å². The van der Waals surface area contributed by atoms with Gasteiger partial charge in [0.25, 0.3) is 0 Å². The standard InChI is InChI=1S/C15H25N3O/c1-4-15(2,3)10-17-13-8-7-12(16)14(18-13)19-9-11-5-6-11/h7-8,11H,4-6,9-10,16H2,1-3H3,(H,17,18). The molecular formula is C15H25N3O. The van der Waals surface area contributed by atoms with Gasteiger partial charge in [-0.05, 0) is 42.7 Å². The number of aromatic nitrogens is 1. The Labute approximate surface area is 115 Å². The lowest BCUT2D eigenvalue weighted by molar-refractivity contribution is 0.290. The molecule has 0 bridgehead atoms. The number of nitrogens with zero attached hydrogens (tertiary/aromatic N) is 1. The van der Waals surface area contributed by atoms with E-state index in [2.05, 4.69) is 31.1 Å². The maximum absolute atomic E-state index is 5.89. The molecule has 0 unspecified atom stereocenters. The lowest BCUT2D eigenvalue weighted by Gasteiger charge is -2.23. The van der Waals surface area contributed by atoms with Gasteiger partial charge in [0.15, 0.2) is 0 Å². The van der Waals surface area contributed by atoms with Crippen molar-refractivity contribution in [1.82, 2.24) is 4.98 Å². The van der Waals surface area contributed by atoms with Crippen LogP contribution in [0.25, 0.3) is 0 Å². The van der Waals surface area contributed by atoms with Crippen molar-refractivity contribution in [2.75, 3.05) is 24.2 Å². The summed E-state index contributed by atoms with van der Waals surface area (Å²) in [4.78, 5) is 4.45. The number of hydrogen-bond donors (Lipinski definition) is 2. The maximum atomic E-state index is 5.89. The average Bonchev–Trinajstić information content (AvgIpc) is 3.20. The van der Waals surface area contributed by atoms with E-state index >= 15 is 0 Å². The number of pyridine rings is 1. The molecule has 3 N–H and O–H groups in total. The zero-order chi connectivity index (χ0) is 13.9. The van der Waals surface area contributed by atoms with Crippen LogP contribution in [0.1, 0.15) is 40.0 Å². The van der Waals surface area contributed by atoms with Crippen molar-refractivity contribution in [3.8, 4) is 5.88 Å². The second-order valence-electron chi connectivity index (χ2n) is 6.22. The summed E-state index contributed by atoms with van der Waals surface area (Å²) < 4.78 is 5.68. The Bertz CT molecular complexity index is 427. The number of nitrogen functional groups attached to an aromatic ring is 1. The Morgan fingerprint density at radius 2 is 2.16 bits per heavy atom. The quantitative estimate of drug-likeness (QED) is 0.792. The van der Waals surface area contributed by atoms with Gasteiger partial charge in [-0.3, -0.25) is 0 Å². The molecule has 1 aliphatic carbocycles. The highest BCUT2D eigenvalue weighted by atomic mass is 16.5. The van der Waals surface area contributed by atoms with E-state index in [0.29, 0.717) is 17.5 Å². The smallest absolute Gasteiger partial charge is 0.239 e. The van der Waals surface area contributed by atoms with Crippen LogP contribution in [0.15, 0.2) is 12.1 Å². The van der Waals surface area contributed by atoms with Crippen molar-refractivity contribution in [2.45, 2.75) is 40.0 Å². The molecule has 0 radical (unpaired) electrons. The Balaban J connectivity index is 1.94. The molecule has 1 aromatic heterocycles. The number of nitrogens with two attached hydrogens (primary N) is 1. The van der Waals surface area contributed by atoms with Crippen LogP contribution in [0.5, 0.6) is 5.88 Å². The Morgan fingerprint density at radius 1 is 1.42 bits per heavy atom. The molecule has 1 aromatic rings. The first-order chi connectivity index (χ1) is 9.00. The summed E-state index contributed by atoms with van der Waals surface area (Å²) >= 11 is 0. The van der Waals surface area contributed by atoms with Crippen molar-refractivity contribution in [2.24, 2.45) is 11.3 Å². The Hall–Kier alpha value is -1.45. The van der Waals surface area contributed by atoms with E-state index in [1.54, 1.807) is 0 Å². The van der Waals surface area contributed by atoms with E-state index in [1.165, 1.54) is 12.8 Å². The molecule has 0 aromatic carbocycles. The number of anilines is 2. The van der Waals surface area contributed by atoms with Crippen molar-refractivity contribution in [3.63, 3.8) is 0 Å². The largest absolute Gasteiger partial charge is 0.476 e. The van der Waals surface area contributed by atoms with Gasteiger partial charge in [-0.2, -0.15) is 4.98 Å². The van der Waals surface area contributed by atoms with Gasteiger partial charge >= 0.3 is 0 Å². The predicted octanol–water partition coefficient (Wildman–Crippen LogP) is 3.30. The van der Waals surface area contributed by atoms with Gasteiger partial charge in [-0.25, -0.2) is 0 Å². The third-order valence-corrected chi connectivity index (χ3v) is 3.75. The summed E-state index contributed by atoms with van der Waals surface area (Å²) in [6.07, 6.45) is 3.66. The number of nitrogens with one attached hydrogen (secondary N) is 1. The monoisotopic (exact) mass is 263 g/mol. The molecule has 1 heterocycles. The summed E-state index contributed by atoms with van der Waals surface area (Å²) in [6.45, 7) is 8.30. The van der Waals surface area contributed by atoms with Gasteiger partial charge in [0, 0.05) is 6.54 Å². The molecule has 1 aliphatic rings. The first-order valence-electron chi connectivity index (χ1n) is 7.13. The summed E-state index contributed by atoms with van der Waals surface area (Å²) in [5.41, 5.74) is 6.76. The zero-order valence-electron chi connectivity index (χ0n) is 12.2. The Morgan fingerprint density at radius 3 is 2.79 bits per heavy atom. The fourth-order valence-corrected chi connectivity index (χ4v) is 1.60. The molecule has 4 heteroatoms. The van der Waals surface area contributed by atoms with E-state index < -0.39 is 0 Å². The van der Waals surface area contributed by atoms with Crippen molar-refractivity contribution in [3.05, 3.63) is 12.1 Å². The van der Waals surface area contributed by atoms with Crippen molar-refractivity contribution in [1.29, 1.82) is 0 Å². The summed E-state index contributed by atoms with van der Waals surface area (Å²) in [7, 11) is 0. The minimum Gasteiger partial charge on any atom is -0.476 e. The zero-order valence-corrected chi connectivity index (χ0v) is 12.2. The van der Waals surface area contributed by atoms with Crippen molar-refractivity contribution >= 4 is 11.5 Å². The van der Waals surface area contributed by atoms with Crippen LogP contribution >= 0.6 is 0 Å². The van der Waals surface area contributed by atoms with E-state index in [9.17, 15) is 0 Å². The van der Waals surface area contributed by atoms with Gasteiger partial charge in [-0.1, -0.05) is 20.8 Å². The molecule has 1 fully saturated rings. The first-order valence-corrected chi connectivity index (χ1v) is 7.13. The van der Waals surface area contributed by atoms with E-state index in [-0.39, 0.29) is 5.41 Å². The molecule has 2 rings (SSSR count). The molecule has 0 spiro atoms. The SMILES string of the molecule is CCC(C)(C)CNc1ccc(N)c(OCC2CC2)n1. The van der Waals surface area contributed by atoms with Gasteiger partial charge in [-0.15, -0.1) is 0 Å². The second kappa shape index (κ2) is 5.68. The predicted molar refractivity (Wildman–Crippen MR) is 79.4 cm³/mol. The fraction of sp³-hybridized carbons (Fsp3) is 0.667. The van der Waals surface area contributed by atoms with Crippen LogP contribution in [-0.4, -0.2) is 18.1 Å². The lowest BCUT2D eigenvalue weighted by Crippen LogP contribution is -2.22. The topological polar surface area (TPSA) is 60.2 Å². The average molecular weight is 263 g/mol. The van der Waals surface area contributed by atoms with Crippen LogP contribution in [0.2, 0.25) is 0 Å². The van der Waals surface area contributed by atoms with Gasteiger partial charge in [0.1, 0.15) is 5.82 Å². The highest BCUT2D eigenvalue weighted by Crippen LogP contribution is 2.31. The third-order valence-electron chi connectivity index (χ3n) is 3.75. The fourth-order valence-electron chi connectivity index (χ4n) is 1.60. The molecule has 0 amide bonds. The molecule has 0 saturated heterocycles. The van der Waals surface area contributed by atoms with Gasteiger partial charge in [0.05, 0.1) is 12.3 Å². The second-order valence-corrected chi connectivity index (χ2v) is 6.22. The van der Waals surface area contributed by atoms with Crippen LogP contribution in [0.3, 0.4) is 0 Å². The van der Waals surface area contributed by atoms with Crippen LogP contribution in [0.4, 0.5) is 11.5 Å². The van der Waals surface area contributed by atoms with E-state index in [1.807, 2.05) is 12.1 Å². The molecule has 1 saturated carbocycles. The molecular weight excluding hydrogens is 238 g/mol. The van der Waals surface area contributed by atoms with Crippen molar-refractivity contribution < 1.29 is 4.74 Å². The summed E-state index contributed by atoms with van der Waals surface area (Å²) in [5.74, 6) is 2.10. The van der Waals surface area contributed by atoms with Gasteiger partial charge < -0.3 is 15.8 Å². The normalized spacial score (nSPS) is 15.3. The third kappa shape index (κ3) is 4.30. The summed E-state index contributed by atoms with van der Waals surface area (Å²) in [6, 6.07) is 3.77. The number of ether oxygens (including phenoxy) is 1. The molecule has 19 heavy (non-hydrogen) atoms. The maximum Gasteiger partial charge on any atom is 0.239 e. The molecule has 0 aliphatic heterocycles. The van der Waals surface area contributed by atoms with Crippen LogP contribution in [0, 0.1) is 11.3 Å². The minimum atomic E-state index is 0.262. The molecule has 4 nitrogen and oxygen atoms in total. The van der Waals surface area contributed by atoms with Crippen LogP contribution in [-0.2, 0) is 0 Å².